The first kappa shape index (κ1) is 22.0. The second-order valence-electron chi connectivity index (χ2n) is 5.89. The molecule has 1 heterocycles. The summed E-state index contributed by atoms with van der Waals surface area (Å²) in [5.41, 5.74) is -0.175. The molecule has 1 aliphatic rings. The minimum Gasteiger partial charge on any atom is -0.871 e. The number of nitro benzene ring substituents is 1. The Hall–Kier alpha value is -2.66. The van der Waals surface area contributed by atoms with E-state index < -0.39 is 29.0 Å². The number of amides is 2. The summed E-state index contributed by atoms with van der Waals surface area (Å²) >= 11 is 18.4. The summed E-state index contributed by atoms with van der Waals surface area (Å²) in [5.74, 6) is -1.87. The van der Waals surface area contributed by atoms with Gasteiger partial charge in [0.2, 0.25) is 5.91 Å². The lowest BCUT2D eigenvalue weighted by Gasteiger charge is -2.17. The van der Waals surface area contributed by atoms with Crippen LogP contribution in [-0.2, 0) is 9.59 Å². The summed E-state index contributed by atoms with van der Waals surface area (Å²) in [5, 5.41) is 25.6. The average Bonchev–Trinajstić information content (AvgIpc) is 2.93. The zero-order valence-corrected chi connectivity index (χ0v) is 17.9. The van der Waals surface area contributed by atoms with Crippen LogP contribution in [0, 0.1) is 10.1 Å². The van der Waals surface area contributed by atoms with E-state index in [1.165, 1.54) is 6.08 Å². The summed E-state index contributed by atoms with van der Waals surface area (Å²) in [7, 11) is 0. The van der Waals surface area contributed by atoms with Crippen LogP contribution in [0.1, 0.15) is 5.56 Å². The molecule has 8 nitrogen and oxygen atoms in total. The lowest BCUT2D eigenvalue weighted by atomic mass is 10.2. The third-order valence-corrected chi connectivity index (χ3v) is 5.94. The highest BCUT2D eigenvalue weighted by Crippen LogP contribution is 2.35. The topological polar surface area (TPSA) is 116 Å². The second-order valence-corrected chi connectivity index (χ2v) is 8.38. The molecule has 1 aliphatic heterocycles. The SMILES string of the molecule is O=C(CN1C(=O)/C(=C/c2c(Cl)cccc2Cl)SC1=S)Nc1cc([N+](=O)[O-])ccc1[O-]. The molecule has 0 spiro atoms. The number of carbonyl (C=O) groups excluding carboxylic acids is 2. The molecule has 0 bridgehead atoms. The number of thioether (sulfide) groups is 1. The van der Waals surface area contributed by atoms with E-state index in [-0.39, 0.29) is 20.6 Å². The van der Waals surface area contributed by atoms with E-state index in [4.69, 9.17) is 35.4 Å². The van der Waals surface area contributed by atoms with Crippen molar-refractivity contribution in [1.29, 1.82) is 0 Å². The van der Waals surface area contributed by atoms with E-state index in [9.17, 15) is 24.8 Å². The average molecular weight is 483 g/mol. The van der Waals surface area contributed by atoms with Gasteiger partial charge in [0.15, 0.2) is 0 Å². The number of nitro groups is 1. The first-order valence-corrected chi connectivity index (χ1v) is 10.1. The van der Waals surface area contributed by atoms with Crippen molar-refractivity contribution in [3.05, 3.63) is 67.0 Å². The van der Waals surface area contributed by atoms with Crippen LogP contribution < -0.4 is 10.4 Å². The van der Waals surface area contributed by atoms with Crippen LogP contribution in [0.5, 0.6) is 5.75 Å². The molecule has 0 unspecified atom stereocenters. The molecule has 12 heteroatoms. The van der Waals surface area contributed by atoms with E-state index >= 15 is 0 Å². The molecule has 2 amide bonds. The maximum Gasteiger partial charge on any atom is 0.271 e. The van der Waals surface area contributed by atoms with E-state index in [1.54, 1.807) is 18.2 Å². The van der Waals surface area contributed by atoms with Crippen LogP contribution in [0.15, 0.2) is 41.3 Å². The Labute approximate surface area is 189 Å². The number of halogens is 2. The van der Waals surface area contributed by atoms with Crippen LogP contribution in [0.2, 0.25) is 10.0 Å². The molecule has 1 saturated heterocycles. The van der Waals surface area contributed by atoms with Gasteiger partial charge in [-0.2, -0.15) is 0 Å². The van der Waals surface area contributed by atoms with Crippen molar-refractivity contribution in [2.75, 3.05) is 11.9 Å². The second kappa shape index (κ2) is 9.00. The predicted molar refractivity (Wildman–Crippen MR) is 118 cm³/mol. The number of rotatable bonds is 5. The molecular weight excluding hydrogens is 473 g/mol. The van der Waals surface area contributed by atoms with E-state index in [2.05, 4.69) is 5.32 Å². The highest BCUT2D eigenvalue weighted by molar-refractivity contribution is 8.26. The Balaban J connectivity index is 1.76. The molecule has 3 rings (SSSR count). The van der Waals surface area contributed by atoms with Crippen molar-refractivity contribution in [2.24, 2.45) is 0 Å². The number of nitrogens with zero attached hydrogens (tertiary/aromatic N) is 2. The smallest absolute Gasteiger partial charge is 0.271 e. The fourth-order valence-electron chi connectivity index (χ4n) is 2.48. The summed E-state index contributed by atoms with van der Waals surface area (Å²) in [6, 6.07) is 7.85. The van der Waals surface area contributed by atoms with Gasteiger partial charge in [-0.25, -0.2) is 0 Å². The van der Waals surface area contributed by atoms with Gasteiger partial charge in [-0.1, -0.05) is 65.1 Å². The molecule has 0 radical (unpaired) electrons. The first-order chi connectivity index (χ1) is 14.2. The van der Waals surface area contributed by atoms with Gasteiger partial charge in [0.05, 0.1) is 9.83 Å². The van der Waals surface area contributed by atoms with Crippen molar-refractivity contribution in [1.82, 2.24) is 4.90 Å². The maximum absolute atomic E-state index is 12.7. The summed E-state index contributed by atoms with van der Waals surface area (Å²) in [4.78, 5) is 36.4. The number of nitrogens with one attached hydrogen (secondary N) is 1. The molecule has 30 heavy (non-hydrogen) atoms. The molecule has 1 fully saturated rings. The zero-order valence-electron chi connectivity index (χ0n) is 14.8. The number of hydrogen-bond acceptors (Lipinski definition) is 7. The third-order valence-electron chi connectivity index (χ3n) is 3.90. The fourth-order valence-corrected chi connectivity index (χ4v) is 4.22. The minimum atomic E-state index is -0.735. The zero-order chi connectivity index (χ0) is 22.0. The summed E-state index contributed by atoms with van der Waals surface area (Å²) < 4.78 is 0.131. The number of carbonyl (C=O) groups is 2. The molecular formula is C18H10Cl2N3O5S2-. The largest absolute Gasteiger partial charge is 0.871 e. The molecule has 0 aliphatic carbocycles. The molecule has 154 valence electrons. The quantitative estimate of drug-likeness (QED) is 0.298. The molecule has 0 aromatic heterocycles. The Morgan fingerprint density at radius 1 is 1.27 bits per heavy atom. The molecule has 2 aromatic rings. The Kier molecular flexibility index (Phi) is 6.61. The molecule has 0 saturated carbocycles. The van der Waals surface area contributed by atoms with Gasteiger partial charge < -0.3 is 10.4 Å². The standard InChI is InChI=1S/C18H11Cl2N3O5S2/c19-11-2-1-3-12(20)10(11)7-15-17(26)22(18(29)30-15)8-16(25)21-13-6-9(23(27)28)4-5-14(13)24/h1-7,24H,8H2,(H,21,25)/p-1/b15-7-. The van der Waals surface area contributed by atoms with Crippen molar-refractivity contribution in [2.45, 2.75) is 0 Å². The lowest BCUT2D eigenvalue weighted by Crippen LogP contribution is -2.36. The third kappa shape index (κ3) is 4.73. The van der Waals surface area contributed by atoms with Gasteiger partial charge in [0, 0.05) is 33.4 Å². The molecule has 2 aromatic carbocycles. The number of anilines is 1. The Bertz CT molecular complexity index is 1100. The van der Waals surface area contributed by atoms with Crippen LogP contribution in [0.25, 0.3) is 6.08 Å². The Morgan fingerprint density at radius 2 is 1.93 bits per heavy atom. The fraction of sp³-hybridized carbons (Fsp3) is 0.0556. The van der Waals surface area contributed by atoms with Crippen LogP contribution >= 0.6 is 47.2 Å². The summed E-state index contributed by atoms with van der Waals surface area (Å²) in [6.07, 6.45) is 1.48. The van der Waals surface area contributed by atoms with Crippen LogP contribution in [0.3, 0.4) is 0 Å². The highest BCUT2D eigenvalue weighted by atomic mass is 35.5. The minimum absolute atomic E-state index is 0.131. The predicted octanol–water partition coefficient (Wildman–Crippen LogP) is 3.82. The normalized spacial score (nSPS) is 15.0. The van der Waals surface area contributed by atoms with Gasteiger partial charge >= 0.3 is 0 Å². The van der Waals surface area contributed by atoms with E-state index in [1.807, 2.05) is 0 Å². The van der Waals surface area contributed by atoms with Crippen molar-refractivity contribution >= 4 is 80.8 Å². The van der Waals surface area contributed by atoms with Crippen LogP contribution in [0.4, 0.5) is 11.4 Å². The Morgan fingerprint density at radius 3 is 2.57 bits per heavy atom. The van der Waals surface area contributed by atoms with Gasteiger partial charge in [-0.3, -0.25) is 24.6 Å². The number of non-ortho nitro benzene ring substituents is 1. The number of thiocarbonyl (C=S) groups is 1. The number of hydrogen-bond donors (Lipinski definition) is 1. The van der Waals surface area contributed by atoms with Crippen molar-refractivity contribution < 1.29 is 19.6 Å². The maximum atomic E-state index is 12.7. The van der Waals surface area contributed by atoms with Gasteiger partial charge in [0.1, 0.15) is 10.9 Å². The van der Waals surface area contributed by atoms with E-state index in [0.29, 0.717) is 15.6 Å². The number of benzene rings is 2. The van der Waals surface area contributed by atoms with Gasteiger partial charge in [0.25, 0.3) is 11.6 Å². The molecule has 1 N–H and O–H groups in total. The highest BCUT2D eigenvalue weighted by Gasteiger charge is 2.33. The summed E-state index contributed by atoms with van der Waals surface area (Å²) in [6.45, 7) is -0.472. The first-order valence-electron chi connectivity index (χ1n) is 8.12. The van der Waals surface area contributed by atoms with Gasteiger partial charge in [-0.15, -0.1) is 0 Å². The monoisotopic (exact) mass is 482 g/mol. The molecule has 0 atom stereocenters. The van der Waals surface area contributed by atoms with Crippen molar-refractivity contribution in [3.8, 4) is 5.75 Å². The van der Waals surface area contributed by atoms with Crippen molar-refractivity contribution in [3.63, 3.8) is 0 Å². The van der Waals surface area contributed by atoms with Gasteiger partial charge in [-0.05, 0) is 18.2 Å². The van der Waals surface area contributed by atoms with Crippen LogP contribution in [-0.4, -0.2) is 32.5 Å². The van der Waals surface area contributed by atoms with E-state index in [0.717, 1.165) is 34.9 Å². The lowest BCUT2D eigenvalue weighted by molar-refractivity contribution is -0.385.